The summed E-state index contributed by atoms with van der Waals surface area (Å²) in [5, 5.41) is 146. The fraction of sp³-hybridized carbons (Fsp3) is 1.00. The Hall–Kier alpha value is -1.24. The first kappa shape index (κ1) is 55.1. The van der Waals surface area contributed by atoms with Crippen molar-refractivity contribution in [2.75, 3.05) is 39.6 Å². The zero-order valence-corrected chi connectivity index (χ0v) is 35.8. The van der Waals surface area contributed by atoms with E-state index in [4.69, 9.17) is 86.5 Å². The van der Waals surface area contributed by atoms with Gasteiger partial charge in [0, 0.05) is 0 Å². The summed E-state index contributed by atoms with van der Waals surface area (Å²) in [4.78, 5) is 0. The van der Waals surface area contributed by atoms with Gasteiger partial charge < -0.3 is 158 Å². The Morgan fingerprint density at radius 1 is 0.284 bits per heavy atom. The van der Waals surface area contributed by atoms with Crippen LogP contribution in [0.1, 0.15) is 0 Å². The molecule has 0 aliphatic carbocycles. The van der Waals surface area contributed by atoms with E-state index in [1.165, 1.54) is 0 Å². The highest BCUT2D eigenvalue weighted by atomic mass is 16.8. The van der Waals surface area contributed by atoms with Gasteiger partial charge in [-0.25, -0.2) is 0 Å². The molecule has 6 aliphatic heterocycles. The van der Waals surface area contributed by atoms with Gasteiger partial charge in [-0.15, -0.1) is 0 Å². The van der Waals surface area contributed by atoms with Crippen molar-refractivity contribution in [1.29, 1.82) is 0 Å². The molecule has 0 aromatic heterocycles. The molecular weight excluding hydrogens is 916 g/mol. The van der Waals surface area contributed by atoms with Gasteiger partial charge in [0.2, 0.25) is 0 Å². The summed E-state index contributed by atoms with van der Waals surface area (Å²) < 4.78 is 65.4. The molecule has 0 aromatic carbocycles. The molecule has 0 saturated carbocycles. The SMILES string of the molecule is N[C@H]1[C@H](OC[C@H]2O[C@@H](O[C@@H]3O[C@H](CO)[C@@H](O)[C@H](O[C@@H]4O[C@H](CO)[C@@H](O)[C@H](O)[C@H]4N)[C@H]3N)[C@H](N)[C@@H](O[C@@H]3O[C@H](CO)[C@@H](O)[C@H](O)[C@H]3N)[C@@H]2O[C@@H]2O[C@H](CO)[C@@H](O)[C@H](O)[C@H]2N)O[C@H](CO)[C@@H](O)[C@@H]1O. The van der Waals surface area contributed by atoms with Gasteiger partial charge in [0.1, 0.15) is 110 Å². The molecule has 0 bridgehead atoms. The molecule has 31 heteroatoms. The van der Waals surface area contributed by atoms with Crippen LogP contribution in [0.4, 0.5) is 0 Å². The molecule has 30 atom stereocenters. The summed E-state index contributed by atoms with van der Waals surface area (Å²) in [6.07, 6.45) is -39.6. The Kier molecular flexibility index (Phi) is 19.4. The Labute approximate surface area is 381 Å². The molecule has 0 unspecified atom stereocenters. The summed E-state index contributed by atoms with van der Waals surface area (Å²) in [6, 6.07) is -9.31. The van der Waals surface area contributed by atoms with Crippen LogP contribution in [0, 0.1) is 0 Å². The maximum absolute atomic E-state index is 11.2. The number of hydrogen-bond acceptors (Lipinski definition) is 31. The van der Waals surface area contributed by atoms with Crippen LogP contribution in [-0.4, -0.2) is 295 Å². The van der Waals surface area contributed by atoms with Crippen molar-refractivity contribution < 1.29 is 124 Å². The fourth-order valence-electron chi connectivity index (χ4n) is 8.62. The average Bonchev–Trinajstić information content (AvgIpc) is 3.32. The lowest BCUT2D eigenvalue weighted by atomic mass is 9.93. The van der Waals surface area contributed by atoms with E-state index in [9.17, 15) is 71.5 Å². The van der Waals surface area contributed by atoms with E-state index in [0.717, 1.165) is 0 Å². The van der Waals surface area contributed by atoms with Crippen LogP contribution in [0.25, 0.3) is 0 Å². The molecule has 0 aromatic rings. The minimum atomic E-state index is -1.84. The summed E-state index contributed by atoms with van der Waals surface area (Å²) in [6.45, 7) is -4.86. The van der Waals surface area contributed by atoms with Crippen molar-refractivity contribution in [1.82, 2.24) is 0 Å². The van der Waals surface area contributed by atoms with Crippen LogP contribution in [-0.2, 0) is 52.1 Å². The molecule has 6 heterocycles. The summed E-state index contributed by atoms with van der Waals surface area (Å²) in [5.74, 6) is 0. The van der Waals surface area contributed by atoms with E-state index in [2.05, 4.69) is 0 Å². The lowest BCUT2D eigenvalue weighted by molar-refractivity contribution is -0.384. The molecule has 392 valence electrons. The highest BCUT2D eigenvalue weighted by Crippen LogP contribution is 2.36. The zero-order chi connectivity index (χ0) is 49.3. The molecule has 6 fully saturated rings. The van der Waals surface area contributed by atoms with Crippen molar-refractivity contribution in [2.45, 2.75) is 184 Å². The minimum absolute atomic E-state index is 0.733. The highest BCUT2D eigenvalue weighted by Gasteiger charge is 2.57. The quantitative estimate of drug-likeness (QED) is 0.0683. The lowest BCUT2D eigenvalue weighted by Crippen LogP contribution is -2.72. The fourth-order valence-corrected chi connectivity index (χ4v) is 8.62. The predicted octanol–water partition coefficient (Wildman–Crippen LogP) is -14.3. The van der Waals surface area contributed by atoms with E-state index >= 15 is 0 Å². The molecule has 6 aliphatic rings. The summed E-state index contributed by atoms with van der Waals surface area (Å²) >= 11 is 0. The van der Waals surface area contributed by atoms with E-state index in [1.54, 1.807) is 0 Å². The van der Waals surface area contributed by atoms with Crippen LogP contribution in [0.5, 0.6) is 0 Å². The van der Waals surface area contributed by atoms with E-state index in [-0.39, 0.29) is 0 Å². The first-order valence-corrected chi connectivity index (χ1v) is 21.6. The van der Waals surface area contributed by atoms with Crippen molar-refractivity contribution in [2.24, 2.45) is 34.4 Å². The van der Waals surface area contributed by atoms with Gasteiger partial charge in [0.15, 0.2) is 37.7 Å². The minimum Gasteiger partial charge on any atom is -0.394 e. The zero-order valence-electron chi connectivity index (χ0n) is 35.8. The van der Waals surface area contributed by atoms with Gasteiger partial charge in [-0.3, -0.25) is 0 Å². The number of nitrogens with two attached hydrogens (primary N) is 6. The number of aliphatic hydroxyl groups excluding tert-OH is 14. The standard InChI is InChI=1S/C36H68N6O25/c37-13-24(53)19(48)7(1-43)58-31(13)57-6-12-28(64-32-14(38)25(54)20(49)8(2-44)59-32)30(66-34-16(40)27(56)22(51)10(4-46)61-34)18(42)36(63-12)67-35-17(41)29(23(52)11(5-47)62-35)65-33-15(39)26(55)21(50)9(3-45)60-33/h7-36,43-56H,1-6,37-42H2/t7-,8-,9-,10-,11-,12-,13-,14-,15-,16-,17-,18-,19-,20-,21-,22-,23-,24-,25-,26-,27-,28-,29-,30-,31-,32+,33+,34+,35+,36+/m1/s1. The van der Waals surface area contributed by atoms with Crippen LogP contribution < -0.4 is 34.4 Å². The van der Waals surface area contributed by atoms with Crippen LogP contribution in [0.3, 0.4) is 0 Å². The van der Waals surface area contributed by atoms with Crippen molar-refractivity contribution in [3.8, 4) is 0 Å². The van der Waals surface area contributed by atoms with Crippen molar-refractivity contribution in [3.05, 3.63) is 0 Å². The van der Waals surface area contributed by atoms with Gasteiger partial charge >= 0.3 is 0 Å². The third kappa shape index (κ3) is 11.4. The van der Waals surface area contributed by atoms with Gasteiger partial charge in [0.05, 0.1) is 75.9 Å². The summed E-state index contributed by atoms with van der Waals surface area (Å²) in [5.41, 5.74) is 38.1. The largest absolute Gasteiger partial charge is 0.394 e. The number of aliphatic hydroxyl groups is 14. The molecule has 26 N–H and O–H groups in total. The number of rotatable bonds is 16. The normalized spacial score (nSPS) is 53.4. The van der Waals surface area contributed by atoms with E-state index < -0.39 is 224 Å². The highest BCUT2D eigenvalue weighted by molar-refractivity contribution is 5.02. The Balaban J connectivity index is 1.35. The van der Waals surface area contributed by atoms with Crippen LogP contribution in [0.2, 0.25) is 0 Å². The number of hydrogen-bond donors (Lipinski definition) is 20. The number of ether oxygens (including phenoxy) is 11. The molecule has 31 nitrogen and oxygen atoms in total. The first-order valence-electron chi connectivity index (χ1n) is 21.6. The van der Waals surface area contributed by atoms with Gasteiger partial charge in [-0.05, 0) is 0 Å². The van der Waals surface area contributed by atoms with Crippen LogP contribution in [0.15, 0.2) is 0 Å². The van der Waals surface area contributed by atoms with Crippen LogP contribution >= 0.6 is 0 Å². The molecular formula is C36H68N6O25. The average molecular weight is 985 g/mol. The third-order valence-electron chi connectivity index (χ3n) is 12.9. The van der Waals surface area contributed by atoms with Crippen molar-refractivity contribution >= 4 is 0 Å². The predicted molar refractivity (Wildman–Crippen MR) is 211 cm³/mol. The third-order valence-corrected chi connectivity index (χ3v) is 12.9. The second kappa shape index (κ2) is 23.5. The molecule has 0 radical (unpaired) electrons. The van der Waals surface area contributed by atoms with E-state index in [1.807, 2.05) is 0 Å². The second-order valence-electron chi connectivity index (χ2n) is 17.3. The molecule has 6 saturated heterocycles. The van der Waals surface area contributed by atoms with Gasteiger partial charge in [-0.2, -0.15) is 0 Å². The Bertz CT molecular complexity index is 1520. The Morgan fingerprint density at radius 3 is 0.925 bits per heavy atom. The maximum Gasteiger partial charge on any atom is 0.179 e. The topological polar surface area (TPSA) is 541 Å². The monoisotopic (exact) mass is 984 g/mol. The first-order chi connectivity index (χ1) is 31.7. The second-order valence-corrected chi connectivity index (χ2v) is 17.3. The summed E-state index contributed by atoms with van der Waals surface area (Å²) in [7, 11) is 0. The Morgan fingerprint density at radius 2 is 0.552 bits per heavy atom. The smallest absolute Gasteiger partial charge is 0.179 e. The van der Waals surface area contributed by atoms with Gasteiger partial charge in [0.25, 0.3) is 0 Å². The molecule has 0 spiro atoms. The van der Waals surface area contributed by atoms with E-state index in [0.29, 0.717) is 0 Å². The van der Waals surface area contributed by atoms with Gasteiger partial charge in [-0.1, -0.05) is 0 Å². The maximum atomic E-state index is 11.2. The van der Waals surface area contributed by atoms with Crippen molar-refractivity contribution in [3.63, 3.8) is 0 Å². The lowest BCUT2D eigenvalue weighted by Gasteiger charge is -2.51. The molecule has 6 rings (SSSR count). The molecule has 67 heavy (non-hydrogen) atoms. The molecule has 0 amide bonds.